The smallest absolute Gasteiger partial charge is 0.122 e. The molecular weight excluding hydrogens is 645 g/mol. The zero-order chi connectivity index (χ0) is 35.2. The third-order valence-corrected chi connectivity index (χ3v) is 9.78. The van der Waals surface area contributed by atoms with E-state index in [0.717, 1.165) is 119 Å². The van der Waals surface area contributed by atoms with E-state index in [4.69, 9.17) is 28.9 Å². The third kappa shape index (κ3) is 9.81. The maximum Gasteiger partial charge on any atom is 0.122 e. The maximum absolute atomic E-state index is 6.08. The van der Waals surface area contributed by atoms with Crippen molar-refractivity contribution < 1.29 is 18.9 Å². The molecule has 0 atom stereocenters. The highest BCUT2D eigenvalue weighted by Gasteiger charge is 2.10. The number of fused-ring (bicyclic) bond motifs is 2. The Morgan fingerprint density at radius 3 is 1.08 bits per heavy atom. The van der Waals surface area contributed by atoms with Crippen LogP contribution in [-0.4, -0.2) is 36.4 Å². The monoisotopic (exact) mass is 694 g/mol. The van der Waals surface area contributed by atoms with E-state index in [1.54, 1.807) is 0 Å². The van der Waals surface area contributed by atoms with Crippen molar-refractivity contribution in [3.63, 3.8) is 0 Å². The molecule has 9 rings (SSSR count). The first kappa shape index (κ1) is 35.3. The van der Waals surface area contributed by atoms with E-state index >= 15 is 0 Å². The fourth-order valence-electron chi connectivity index (χ4n) is 6.77. The van der Waals surface area contributed by atoms with E-state index in [0.29, 0.717) is 0 Å². The summed E-state index contributed by atoms with van der Waals surface area (Å²) in [7, 11) is 0. The molecule has 0 fully saturated rings. The SMILES string of the molecule is c1cc2cc(c1)OCCCCCCCCOc1ccc(cc1)-c1ccc3ccc4ccc(nc4c3n1)-c1ccc(cc1)OCCCCCCCCO2. The van der Waals surface area contributed by atoms with Crippen LogP contribution in [0.25, 0.3) is 44.3 Å². The lowest BCUT2D eigenvalue weighted by Gasteiger charge is -2.10. The molecule has 5 heterocycles. The fourth-order valence-corrected chi connectivity index (χ4v) is 6.77. The summed E-state index contributed by atoms with van der Waals surface area (Å²) in [4.78, 5) is 10.3. The van der Waals surface area contributed by atoms with Gasteiger partial charge in [-0.3, -0.25) is 0 Å². The summed E-state index contributed by atoms with van der Waals surface area (Å²) < 4.78 is 24.2. The molecule has 0 unspecified atom stereocenters. The van der Waals surface area contributed by atoms with Gasteiger partial charge in [0.25, 0.3) is 0 Å². The van der Waals surface area contributed by atoms with Crippen LogP contribution >= 0.6 is 0 Å². The van der Waals surface area contributed by atoms with Crippen LogP contribution < -0.4 is 18.9 Å². The van der Waals surface area contributed by atoms with Crippen LogP contribution in [0, 0.1) is 0 Å². The molecule has 4 aromatic carbocycles. The summed E-state index contributed by atoms with van der Waals surface area (Å²) in [6.45, 7) is 2.93. The Labute approximate surface area is 308 Å². The fraction of sp³-hybridized carbons (Fsp3) is 0.348. The molecule has 0 N–H and O–H groups in total. The normalized spacial score (nSPS) is 15.8. The summed E-state index contributed by atoms with van der Waals surface area (Å²) >= 11 is 0. The molecule has 6 heteroatoms. The molecule has 2 aromatic heterocycles. The van der Waals surface area contributed by atoms with E-state index < -0.39 is 0 Å². The maximum atomic E-state index is 6.08. The summed E-state index contributed by atoms with van der Waals surface area (Å²) in [5.74, 6) is 3.56. The molecule has 0 radical (unpaired) electrons. The molecule has 0 saturated heterocycles. The zero-order valence-corrected chi connectivity index (χ0v) is 30.2. The van der Waals surface area contributed by atoms with Crippen LogP contribution in [0.4, 0.5) is 0 Å². The van der Waals surface area contributed by atoms with Gasteiger partial charge in [-0.15, -0.1) is 0 Å². The Hall–Kier alpha value is -5.10. The standard InChI is InChI=1S/C46H50N2O4/c1-3-7-11-32-51-41-14-13-15-42(34-41)52-33-12-8-4-2-6-10-31-50-40-26-20-36(21-27-40)44-29-23-38-17-16-37-22-28-43(47-45(37)46(38)48-44)35-18-24-39(25-19-35)49-30-9-5-1/h13-29,34H,1-12,30-33H2. The van der Waals surface area contributed by atoms with Crippen molar-refractivity contribution in [2.24, 2.45) is 0 Å². The number of hydrogen-bond acceptors (Lipinski definition) is 6. The molecule has 52 heavy (non-hydrogen) atoms. The van der Waals surface area contributed by atoms with Gasteiger partial charge in [0.05, 0.1) is 48.8 Å². The molecular formula is C46H50N2O4. The second-order valence-electron chi connectivity index (χ2n) is 13.8. The first-order valence-corrected chi connectivity index (χ1v) is 19.3. The van der Waals surface area contributed by atoms with Crippen molar-refractivity contribution in [3.05, 3.63) is 109 Å². The minimum atomic E-state index is 0.727. The quantitative estimate of drug-likeness (QED) is 0.148. The number of rotatable bonds is 0. The van der Waals surface area contributed by atoms with Crippen molar-refractivity contribution in [2.75, 3.05) is 26.4 Å². The van der Waals surface area contributed by atoms with Gasteiger partial charge in [-0.25, -0.2) is 9.97 Å². The van der Waals surface area contributed by atoms with Gasteiger partial charge < -0.3 is 18.9 Å². The lowest BCUT2D eigenvalue weighted by molar-refractivity contribution is 0.287. The summed E-state index contributed by atoms with van der Waals surface area (Å²) in [5, 5.41) is 2.15. The molecule has 10 bridgehead atoms. The van der Waals surface area contributed by atoms with Crippen molar-refractivity contribution >= 4 is 21.8 Å². The molecule has 268 valence electrons. The number of aromatic nitrogens is 2. The highest BCUT2D eigenvalue weighted by atomic mass is 16.5. The topological polar surface area (TPSA) is 62.7 Å². The molecule has 6 aromatic rings. The highest BCUT2D eigenvalue weighted by molar-refractivity contribution is 6.04. The lowest BCUT2D eigenvalue weighted by Crippen LogP contribution is -2.00. The van der Waals surface area contributed by atoms with Gasteiger partial charge in [-0.2, -0.15) is 0 Å². The van der Waals surface area contributed by atoms with E-state index in [2.05, 4.69) is 60.7 Å². The van der Waals surface area contributed by atoms with Crippen molar-refractivity contribution in [1.82, 2.24) is 9.97 Å². The van der Waals surface area contributed by atoms with Crippen LogP contribution in [0.1, 0.15) is 77.0 Å². The van der Waals surface area contributed by atoms with E-state index in [9.17, 15) is 0 Å². The molecule has 0 saturated carbocycles. The number of hydrogen-bond donors (Lipinski definition) is 0. The van der Waals surface area contributed by atoms with Crippen molar-refractivity contribution in [2.45, 2.75) is 77.0 Å². The number of ether oxygens (including phenoxy) is 4. The van der Waals surface area contributed by atoms with Crippen LogP contribution in [-0.2, 0) is 0 Å². The van der Waals surface area contributed by atoms with Crippen molar-refractivity contribution in [1.29, 1.82) is 0 Å². The average molecular weight is 695 g/mol. The van der Waals surface area contributed by atoms with E-state index in [-0.39, 0.29) is 0 Å². The molecule has 3 aliphatic rings. The number of benzene rings is 4. The second kappa shape index (κ2) is 18.4. The lowest BCUT2D eigenvalue weighted by atomic mass is 10.1. The Bertz CT molecular complexity index is 1870. The first-order chi connectivity index (χ1) is 25.8. The number of pyridine rings is 2. The summed E-state index contributed by atoms with van der Waals surface area (Å²) in [5.41, 5.74) is 5.78. The van der Waals surface area contributed by atoms with Gasteiger partial charge in [0.15, 0.2) is 0 Å². The summed E-state index contributed by atoms with van der Waals surface area (Å²) in [6.07, 6.45) is 13.8. The third-order valence-electron chi connectivity index (χ3n) is 9.78. The highest BCUT2D eigenvalue weighted by Crippen LogP contribution is 2.30. The Morgan fingerprint density at radius 2 is 0.673 bits per heavy atom. The minimum Gasteiger partial charge on any atom is -0.494 e. The predicted molar refractivity (Wildman–Crippen MR) is 212 cm³/mol. The number of nitrogens with zero attached hydrogens (tertiary/aromatic N) is 2. The van der Waals surface area contributed by atoms with Gasteiger partial charge in [0.1, 0.15) is 23.0 Å². The van der Waals surface area contributed by atoms with Crippen LogP contribution in [0.5, 0.6) is 23.0 Å². The zero-order valence-electron chi connectivity index (χ0n) is 30.2. The molecule has 0 aliphatic carbocycles. The summed E-state index contributed by atoms with van der Waals surface area (Å²) in [6, 6.07) is 37.3. The van der Waals surface area contributed by atoms with Crippen LogP contribution in [0.15, 0.2) is 109 Å². The van der Waals surface area contributed by atoms with Crippen LogP contribution in [0.3, 0.4) is 0 Å². The van der Waals surface area contributed by atoms with Gasteiger partial charge in [-0.1, -0.05) is 81.7 Å². The van der Waals surface area contributed by atoms with Gasteiger partial charge in [0, 0.05) is 28.0 Å². The largest absolute Gasteiger partial charge is 0.494 e. The molecule has 3 aliphatic heterocycles. The Kier molecular flexibility index (Phi) is 12.5. The van der Waals surface area contributed by atoms with Crippen molar-refractivity contribution in [3.8, 4) is 45.5 Å². The van der Waals surface area contributed by atoms with Gasteiger partial charge in [-0.05, 0) is 98.5 Å². The first-order valence-electron chi connectivity index (χ1n) is 19.3. The molecule has 6 nitrogen and oxygen atoms in total. The van der Waals surface area contributed by atoms with E-state index in [1.807, 2.05) is 48.5 Å². The Morgan fingerprint density at radius 1 is 0.327 bits per heavy atom. The van der Waals surface area contributed by atoms with Gasteiger partial charge in [0.2, 0.25) is 0 Å². The van der Waals surface area contributed by atoms with Crippen LogP contribution in [0.2, 0.25) is 0 Å². The Balaban J connectivity index is 1.01. The molecule has 0 amide bonds. The molecule has 0 spiro atoms. The van der Waals surface area contributed by atoms with E-state index in [1.165, 1.54) is 51.4 Å². The minimum absolute atomic E-state index is 0.727. The average Bonchev–Trinajstić information content (AvgIpc) is 3.19. The second-order valence-corrected chi connectivity index (χ2v) is 13.8. The van der Waals surface area contributed by atoms with Gasteiger partial charge >= 0.3 is 0 Å². The predicted octanol–water partition coefficient (Wildman–Crippen LogP) is 12.0.